The van der Waals surface area contributed by atoms with Crippen molar-refractivity contribution in [3.63, 3.8) is 0 Å². The van der Waals surface area contributed by atoms with Gasteiger partial charge >= 0.3 is 5.97 Å². The van der Waals surface area contributed by atoms with Crippen LogP contribution < -0.4 is 9.64 Å². The van der Waals surface area contributed by atoms with Gasteiger partial charge in [-0.15, -0.1) is 17.0 Å². The van der Waals surface area contributed by atoms with E-state index in [0.29, 0.717) is 36.5 Å². The quantitative estimate of drug-likeness (QED) is 0.311. The van der Waals surface area contributed by atoms with E-state index in [1.54, 1.807) is 4.90 Å². The number of pyridine rings is 1. The molecule has 0 saturated heterocycles. The lowest BCUT2D eigenvalue weighted by Gasteiger charge is -2.29. The number of aryl methyl sites for hydroxylation is 1. The third-order valence-corrected chi connectivity index (χ3v) is 6.22. The molecule has 8 nitrogen and oxygen atoms in total. The number of benzene rings is 1. The first-order valence-electron chi connectivity index (χ1n) is 12.0. The third-order valence-electron chi connectivity index (χ3n) is 6.22. The number of fused-ring (bicyclic) bond motifs is 1. The molecule has 0 amide bonds. The number of carbonyl (C=O) groups is 2. The fourth-order valence-corrected chi connectivity index (χ4v) is 4.09. The summed E-state index contributed by atoms with van der Waals surface area (Å²) in [6.45, 7) is 11.7. The highest BCUT2D eigenvalue weighted by Gasteiger charge is 2.30. The number of ether oxygens (including phenoxy) is 1. The first kappa shape index (κ1) is 29.3. The molecule has 1 aromatic carbocycles. The third kappa shape index (κ3) is 6.63. The highest BCUT2D eigenvalue weighted by atomic mass is 79.9. The Morgan fingerprint density at radius 3 is 2.56 bits per heavy atom. The van der Waals surface area contributed by atoms with Crippen LogP contribution in [0.4, 0.5) is 5.69 Å². The predicted molar refractivity (Wildman–Crippen MR) is 147 cm³/mol. The molecule has 0 unspecified atom stereocenters. The van der Waals surface area contributed by atoms with E-state index < -0.39 is 5.97 Å². The molecule has 0 saturated carbocycles. The second-order valence-electron chi connectivity index (χ2n) is 10.1. The van der Waals surface area contributed by atoms with Gasteiger partial charge < -0.3 is 19.6 Å². The largest absolute Gasteiger partial charge is 0.491 e. The molecule has 0 radical (unpaired) electrons. The number of nitrogens with one attached hydrogen (secondary N) is 1. The molecule has 0 bridgehead atoms. The van der Waals surface area contributed by atoms with Crippen molar-refractivity contribution < 1.29 is 19.4 Å². The number of amidine groups is 1. The zero-order valence-corrected chi connectivity index (χ0v) is 23.7. The Hall–Kier alpha value is -2.94. The molecule has 196 valence electrons. The number of carboxylic acid groups (broad SMARTS) is 1. The van der Waals surface area contributed by atoms with E-state index >= 15 is 0 Å². The zero-order valence-electron chi connectivity index (χ0n) is 22.0. The van der Waals surface area contributed by atoms with Crippen LogP contribution in [0.2, 0.25) is 0 Å². The van der Waals surface area contributed by atoms with Gasteiger partial charge in [0.2, 0.25) is 0 Å². The van der Waals surface area contributed by atoms with Crippen molar-refractivity contribution in [1.82, 2.24) is 9.88 Å². The van der Waals surface area contributed by atoms with E-state index in [2.05, 4.69) is 25.8 Å². The SMILES string of the molecule is Br.CCN(C)c1cc(C(=O)CN2Cc3ccc(C)nc3C2=N)cc(C(C)(C)C)c1OCCCC(=O)O. The Balaban J connectivity index is 0.00000456. The molecule has 1 aliphatic rings. The van der Waals surface area contributed by atoms with E-state index in [1.807, 2.05) is 50.1 Å². The first-order chi connectivity index (χ1) is 16.4. The van der Waals surface area contributed by atoms with Crippen molar-refractivity contribution in [1.29, 1.82) is 5.41 Å². The maximum Gasteiger partial charge on any atom is 0.303 e. The number of anilines is 1. The molecule has 0 spiro atoms. The monoisotopic (exact) mass is 560 g/mol. The number of ketones is 1. The number of hydrogen-bond donors (Lipinski definition) is 2. The summed E-state index contributed by atoms with van der Waals surface area (Å²) in [5.74, 6) is 0.0339. The molecule has 0 fully saturated rings. The summed E-state index contributed by atoms with van der Waals surface area (Å²) in [6, 6.07) is 7.63. The summed E-state index contributed by atoms with van der Waals surface area (Å²) in [5.41, 5.74) is 4.41. The van der Waals surface area contributed by atoms with Gasteiger partial charge in [-0.2, -0.15) is 0 Å². The summed E-state index contributed by atoms with van der Waals surface area (Å²) in [7, 11) is 1.95. The molecule has 2 aromatic rings. The van der Waals surface area contributed by atoms with Gasteiger partial charge in [-0.25, -0.2) is 4.98 Å². The lowest BCUT2D eigenvalue weighted by Crippen LogP contribution is -2.31. The van der Waals surface area contributed by atoms with E-state index in [9.17, 15) is 9.59 Å². The molecule has 1 aliphatic heterocycles. The van der Waals surface area contributed by atoms with E-state index in [-0.39, 0.29) is 53.6 Å². The second-order valence-corrected chi connectivity index (χ2v) is 10.1. The molecular formula is C27H37BrN4O4. The summed E-state index contributed by atoms with van der Waals surface area (Å²) in [4.78, 5) is 32.6. The maximum absolute atomic E-state index is 13.5. The Bertz CT molecular complexity index is 1140. The van der Waals surface area contributed by atoms with Crippen LogP contribution in [0.3, 0.4) is 0 Å². The smallest absolute Gasteiger partial charge is 0.303 e. The number of rotatable bonds is 10. The Labute approximate surface area is 223 Å². The van der Waals surface area contributed by atoms with Gasteiger partial charge in [0, 0.05) is 48.9 Å². The van der Waals surface area contributed by atoms with E-state index in [1.165, 1.54) is 0 Å². The second kappa shape index (κ2) is 11.9. The summed E-state index contributed by atoms with van der Waals surface area (Å²) in [5, 5.41) is 17.5. The van der Waals surface area contributed by atoms with Gasteiger partial charge in [-0.05, 0) is 43.9 Å². The number of nitrogens with zero attached hydrogens (tertiary/aromatic N) is 3. The van der Waals surface area contributed by atoms with Crippen molar-refractivity contribution in [3.05, 3.63) is 52.3 Å². The molecular weight excluding hydrogens is 524 g/mol. The number of carbonyl (C=O) groups excluding carboxylic acids is 1. The first-order valence-corrected chi connectivity index (χ1v) is 12.0. The lowest BCUT2D eigenvalue weighted by atomic mass is 9.84. The highest BCUT2D eigenvalue weighted by Crippen LogP contribution is 2.40. The fourth-order valence-electron chi connectivity index (χ4n) is 4.09. The van der Waals surface area contributed by atoms with Crippen LogP contribution >= 0.6 is 17.0 Å². The van der Waals surface area contributed by atoms with Crippen molar-refractivity contribution in [2.24, 2.45) is 0 Å². The average molecular weight is 562 g/mol. The molecule has 1 aromatic heterocycles. The van der Waals surface area contributed by atoms with Crippen LogP contribution in [0, 0.1) is 12.3 Å². The predicted octanol–water partition coefficient (Wildman–Crippen LogP) is 4.99. The van der Waals surface area contributed by atoms with Crippen molar-refractivity contribution in [3.8, 4) is 5.75 Å². The molecule has 3 rings (SSSR count). The Morgan fingerprint density at radius 1 is 1.25 bits per heavy atom. The lowest BCUT2D eigenvalue weighted by molar-refractivity contribution is -0.137. The van der Waals surface area contributed by atoms with Crippen LogP contribution in [0.1, 0.15) is 73.4 Å². The van der Waals surface area contributed by atoms with Crippen LogP contribution in [-0.4, -0.2) is 59.3 Å². The van der Waals surface area contributed by atoms with Crippen LogP contribution in [0.5, 0.6) is 5.75 Å². The number of hydrogen-bond acceptors (Lipinski definition) is 6. The Kier molecular flexibility index (Phi) is 9.65. The number of halogens is 1. The average Bonchev–Trinajstić information content (AvgIpc) is 3.09. The summed E-state index contributed by atoms with van der Waals surface area (Å²) < 4.78 is 6.14. The highest BCUT2D eigenvalue weighted by molar-refractivity contribution is 8.93. The van der Waals surface area contributed by atoms with Crippen LogP contribution in [-0.2, 0) is 16.8 Å². The molecule has 2 N–H and O–H groups in total. The summed E-state index contributed by atoms with van der Waals surface area (Å²) >= 11 is 0. The van der Waals surface area contributed by atoms with Gasteiger partial charge in [0.1, 0.15) is 17.3 Å². The summed E-state index contributed by atoms with van der Waals surface area (Å²) in [6.07, 6.45) is 0.443. The number of aromatic nitrogens is 1. The van der Waals surface area contributed by atoms with Crippen molar-refractivity contribution >= 4 is 40.3 Å². The van der Waals surface area contributed by atoms with Gasteiger partial charge in [-0.3, -0.25) is 15.0 Å². The van der Waals surface area contributed by atoms with Gasteiger partial charge in [-0.1, -0.05) is 26.8 Å². The standard InChI is InChI=1S/C27H36N4O4.BrH/c1-7-30(6)21-14-19(13-20(27(3,4)5)25(21)35-12-8-9-23(33)34)22(32)16-31-15-18-11-10-17(2)29-24(18)26(31)28;/h10-11,13-14,28H,7-9,12,15-16H2,1-6H3,(H,33,34);1H. The van der Waals surface area contributed by atoms with Crippen LogP contribution in [0.25, 0.3) is 0 Å². The van der Waals surface area contributed by atoms with E-state index in [4.69, 9.17) is 15.3 Å². The van der Waals surface area contributed by atoms with Crippen molar-refractivity contribution in [2.75, 3.05) is 31.6 Å². The van der Waals surface area contributed by atoms with Gasteiger partial charge in [0.15, 0.2) is 5.78 Å². The van der Waals surface area contributed by atoms with Gasteiger partial charge in [0.25, 0.3) is 0 Å². The van der Waals surface area contributed by atoms with Crippen molar-refractivity contribution in [2.45, 2.75) is 59.4 Å². The number of Topliss-reactive ketones (excluding diaryl/α,β-unsaturated/α-hetero) is 1. The zero-order chi connectivity index (χ0) is 25.9. The molecule has 2 heterocycles. The van der Waals surface area contributed by atoms with Gasteiger partial charge in [0.05, 0.1) is 18.8 Å². The topological polar surface area (TPSA) is 107 Å². The molecule has 36 heavy (non-hydrogen) atoms. The van der Waals surface area contributed by atoms with E-state index in [0.717, 1.165) is 22.5 Å². The minimum absolute atomic E-state index is 0. The molecule has 0 atom stereocenters. The number of carboxylic acids is 1. The minimum atomic E-state index is -0.850. The van der Waals surface area contributed by atoms with Crippen LogP contribution in [0.15, 0.2) is 24.3 Å². The normalized spacial score (nSPS) is 12.7. The number of aliphatic carboxylic acids is 1. The molecule has 0 aliphatic carbocycles. The molecule has 9 heteroatoms. The minimum Gasteiger partial charge on any atom is -0.491 e. The Morgan fingerprint density at radius 2 is 1.94 bits per heavy atom. The fraction of sp³-hybridized carbons (Fsp3) is 0.481. The maximum atomic E-state index is 13.5.